The van der Waals surface area contributed by atoms with Crippen LogP contribution in [0, 0.1) is 46.3 Å². The van der Waals surface area contributed by atoms with E-state index in [-0.39, 0.29) is 11.8 Å². The van der Waals surface area contributed by atoms with Crippen LogP contribution in [0.2, 0.25) is 0 Å². The zero-order valence-corrected chi connectivity index (χ0v) is 22.2. The molecule has 0 aromatic rings. The van der Waals surface area contributed by atoms with Crippen molar-refractivity contribution in [3.8, 4) is 0 Å². The van der Waals surface area contributed by atoms with E-state index in [4.69, 9.17) is 0 Å². The molecule has 0 aromatic heterocycles. The van der Waals surface area contributed by atoms with E-state index in [9.17, 15) is 23.4 Å². The molecule has 2 nitrogen and oxygen atoms in total. The summed E-state index contributed by atoms with van der Waals surface area (Å²) in [7, 11) is 0. The molecule has 198 valence electrons. The Morgan fingerprint density at radius 3 is 2.26 bits per heavy atom. The molecule has 4 aliphatic carbocycles. The van der Waals surface area contributed by atoms with Crippen LogP contribution in [-0.4, -0.2) is 27.6 Å². The van der Waals surface area contributed by atoms with Gasteiger partial charge in [-0.25, -0.2) is 0 Å². The minimum atomic E-state index is -4.32. The van der Waals surface area contributed by atoms with Gasteiger partial charge in [-0.2, -0.15) is 13.2 Å². The van der Waals surface area contributed by atoms with Gasteiger partial charge < -0.3 is 10.2 Å². The summed E-state index contributed by atoms with van der Waals surface area (Å²) in [4.78, 5) is 0. The van der Waals surface area contributed by atoms with Crippen molar-refractivity contribution < 1.29 is 23.4 Å². The molecule has 0 heterocycles. The normalized spacial score (nSPS) is 47.3. The largest absolute Gasteiger partial charge is 0.391 e. The van der Waals surface area contributed by atoms with E-state index < -0.39 is 23.8 Å². The maximum atomic E-state index is 12.9. The third-order valence-electron chi connectivity index (χ3n) is 12.0. The Balaban J connectivity index is 1.43. The second-order valence-corrected chi connectivity index (χ2v) is 14.0. The second kappa shape index (κ2) is 8.92. The number of hydrogen-bond acceptors (Lipinski definition) is 2. The number of halogens is 3. The monoisotopic (exact) mass is 486 g/mol. The lowest BCUT2D eigenvalue weighted by Crippen LogP contribution is -2.56. The lowest BCUT2D eigenvalue weighted by molar-refractivity contribution is -0.174. The van der Waals surface area contributed by atoms with Gasteiger partial charge in [-0.15, -0.1) is 0 Å². The maximum Gasteiger partial charge on any atom is 0.391 e. The Morgan fingerprint density at radius 2 is 1.62 bits per heavy atom. The van der Waals surface area contributed by atoms with Crippen molar-refractivity contribution in [2.75, 3.05) is 0 Å². The fourth-order valence-corrected chi connectivity index (χ4v) is 9.88. The molecule has 10 atom stereocenters. The highest BCUT2D eigenvalue weighted by Gasteiger charge is 2.61. The molecule has 4 rings (SSSR count). The topological polar surface area (TPSA) is 40.5 Å². The summed E-state index contributed by atoms with van der Waals surface area (Å²) in [5, 5.41) is 21.4. The van der Waals surface area contributed by atoms with Gasteiger partial charge in [-0.3, -0.25) is 0 Å². The summed E-state index contributed by atoms with van der Waals surface area (Å²) in [6.07, 6.45) is 6.85. The Morgan fingerprint density at radius 1 is 0.941 bits per heavy atom. The predicted octanol–water partition coefficient (Wildman–Crippen LogP) is 7.91. The first-order valence-electron chi connectivity index (χ1n) is 14.1. The fraction of sp³-hybridized carbons (Fsp3) is 1.00. The van der Waals surface area contributed by atoms with E-state index in [1.807, 2.05) is 0 Å². The smallest absolute Gasteiger partial charge is 0.390 e. The number of alkyl halides is 3. The zero-order valence-electron chi connectivity index (χ0n) is 22.2. The molecule has 34 heavy (non-hydrogen) atoms. The number of fused-ring (bicyclic) bond motifs is 5. The van der Waals surface area contributed by atoms with Gasteiger partial charge in [0.05, 0.1) is 17.6 Å². The molecule has 0 aromatic carbocycles. The zero-order chi connectivity index (χ0) is 25.2. The summed E-state index contributed by atoms with van der Waals surface area (Å²) in [5.41, 5.74) is -1.50. The minimum absolute atomic E-state index is 0.219. The Bertz CT molecular complexity index is 735. The summed E-state index contributed by atoms with van der Waals surface area (Å²) in [5.74, 6) is 3.77. The fourth-order valence-electron chi connectivity index (χ4n) is 9.88. The molecule has 0 saturated heterocycles. The molecule has 4 saturated carbocycles. The van der Waals surface area contributed by atoms with Crippen molar-refractivity contribution >= 4 is 0 Å². The molecule has 0 radical (unpaired) electrons. The van der Waals surface area contributed by atoms with Gasteiger partial charge in [-0.05, 0) is 130 Å². The molecule has 0 spiro atoms. The molecule has 0 amide bonds. The average Bonchev–Trinajstić information content (AvgIpc) is 3.08. The third-order valence-corrected chi connectivity index (χ3v) is 12.0. The number of hydrogen-bond donors (Lipinski definition) is 2. The van der Waals surface area contributed by atoms with Gasteiger partial charge in [0.25, 0.3) is 0 Å². The van der Waals surface area contributed by atoms with Crippen LogP contribution in [-0.2, 0) is 0 Å². The van der Waals surface area contributed by atoms with Crippen molar-refractivity contribution in [1.82, 2.24) is 0 Å². The van der Waals surface area contributed by atoms with E-state index in [1.54, 1.807) is 0 Å². The Hall–Kier alpha value is -0.290. The van der Waals surface area contributed by atoms with Gasteiger partial charge in [0, 0.05) is 0 Å². The first-order chi connectivity index (χ1) is 15.6. The third kappa shape index (κ3) is 4.83. The molecular formula is C29H49F3O2. The first-order valence-corrected chi connectivity index (χ1v) is 14.1. The van der Waals surface area contributed by atoms with Gasteiger partial charge >= 0.3 is 6.18 Å². The van der Waals surface area contributed by atoms with Crippen LogP contribution in [0.15, 0.2) is 0 Å². The van der Waals surface area contributed by atoms with Gasteiger partial charge in [0.2, 0.25) is 0 Å². The molecular weight excluding hydrogens is 437 g/mol. The second-order valence-electron chi connectivity index (χ2n) is 14.0. The van der Waals surface area contributed by atoms with Crippen molar-refractivity contribution in [3.63, 3.8) is 0 Å². The van der Waals surface area contributed by atoms with Crippen LogP contribution < -0.4 is 0 Å². The summed E-state index contributed by atoms with van der Waals surface area (Å²) in [6.45, 7) is 10.7. The minimum Gasteiger partial charge on any atom is -0.390 e. The lowest BCUT2D eigenvalue weighted by Gasteiger charge is -2.62. The van der Waals surface area contributed by atoms with Crippen LogP contribution in [0.5, 0.6) is 0 Å². The molecule has 1 unspecified atom stereocenters. The van der Waals surface area contributed by atoms with Crippen molar-refractivity contribution in [2.45, 2.75) is 135 Å². The number of rotatable bonds is 6. The van der Waals surface area contributed by atoms with Crippen LogP contribution in [0.4, 0.5) is 13.2 Å². The lowest BCUT2D eigenvalue weighted by atomic mass is 9.43. The average molecular weight is 487 g/mol. The van der Waals surface area contributed by atoms with E-state index in [0.29, 0.717) is 29.6 Å². The van der Waals surface area contributed by atoms with Gasteiger partial charge in [0.1, 0.15) is 0 Å². The van der Waals surface area contributed by atoms with E-state index in [2.05, 4.69) is 27.7 Å². The van der Waals surface area contributed by atoms with E-state index >= 15 is 0 Å². The van der Waals surface area contributed by atoms with E-state index in [1.165, 1.54) is 45.4 Å². The maximum absolute atomic E-state index is 12.9. The highest BCUT2D eigenvalue weighted by atomic mass is 19.4. The van der Waals surface area contributed by atoms with Crippen molar-refractivity contribution in [1.29, 1.82) is 0 Å². The molecule has 4 aliphatic rings. The molecule has 4 fully saturated rings. The van der Waals surface area contributed by atoms with Crippen molar-refractivity contribution in [2.24, 2.45) is 46.3 Å². The van der Waals surface area contributed by atoms with E-state index in [0.717, 1.165) is 43.4 Å². The van der Waals surface area contributed by atoms with Crippen LogP contribution in [0.3, 0.4) is 0 Å². The van der Waals surface area contributed by atoms with Gasteiger partial charge in [-0.1, -0.05) is 27.7 Å². The SMILES string of the molecule is CC[C@]1(O)CC[C@@]2(C)[C@@H](CC[C@@H]3[C@@H]2CC[C@]2(C)[C@@H]([C@H](C)CCC(C)(O)CC(F)(F)F)CC[C@@H]32)C1. The Labute approximate surface area is 205 Å². The predicted molar refractivity (Wildman–Crippen MR) is 130 cm³/mol. The molecule has 0 aliphatic heterocycles. The Kier molecular flexibility index (Phi) is 7.02. The van der Waals surface area contributed by atoms with Gasteiger partial charge in [0.15, 0.2) is 0 Å². The van der Waals surface area contributed by atoms with Crippen LogP contribution >= 0.6 is 0 Å². The standard InChI is InChI=1S/C29H49F3O2/c1-6-28(34)16-15-26(4)20(17-28)7-8-21-23-10-9-22(27(23,5)14-12-24(21)26)19(2)11-13-25(3,33)18-29(30,31)32/h19-24,33-34H,6-18H2,1-5H3/t19-,20+,21+,22-,23+,24+,25?,26+,27-,28+/m1/s1. The molecule has 5 heteroatoms. The molecule has 0 bridgehead atoms. The van der Waals surface area contributed by atoms with Crippen LogP contribution in [0.1, 0.15) is 118 Å². The summed E-state index contributed by atoms with van der Waals surface area (Å²) >= 11 is 0. The van der Waals surface area contributed by atoms with Crippen LogP contribution in [0.25, 0.3) is 0 Å². The van der Waals surface area contributed by atoms with Crippen molar-refractivity contribution in [3.05, 3.63) is 0 Å². The molecule has 2 N–H and O–H groups in total. The summed E-state index contributed by atoms with van der Waals surface area (Å²) < 4.78 is 38.6. The quantitative estimate of drug-likeness (QED) is 0.400. The highest BCUT2D eigenvalue weighted by molar-refractivity contribution is 5.11. The first kappa shape index (κ1) is 26.8. The summed E-state index contributed by atoms with van der Waals surface area (Å²) in [6, 6.07) is 0. The number of aliphatic hydroxyl groups is 2. The highest BCUT2D eigenvalue weighted by Crippen LogP contribution is 2.69.